The fraction of sp³-hybridized carbons (Fsp3) is 0.281. The number of benzene rings is 2. The number of nitro benzene ring substituents is 1. The van der Waals surface area contributed by atoms with Crippen LogP contribution in [0.4, 0.5) is 5.69 Å². The lowest BCUT2D eigenvalue weighted by molar-refractivity contribution is -0.384. The summed E-state index contributed by atoms with van der Waals surface area (Å²) in [5.74, 6) is 1.65. The molecule has 12 heteroatoms. The highest BCUT2D eigenvalue weighted by molar-refractivity contribution is 7.07. The first-order valence-electron chi connectivity index (χ1n) is 14.0. The number of likely N-dealkylation sites (N-methyl/N-ethyl adjacent to an activating group) is 1. The molecule has 0 aliphatic carbocycles. The maximum Gasteiger partial charge on any atom is 0.271 e. The Hall–Kier alpha value is -4.97. The van der Waals surface area contributed by atoms with Crippen LogP contribution in [0.2, 0.25) is 0 Å². The molecule has 11 nitrogen and oxygen atoms in total. The van der Waals surface area contributed by atoms with Gasteiger partial charge >= 0.3 is 0 Å². The number of hydrogen-bond donors (Lipinski definition) is 0. The monoisotopic (exact) mass is 616 g/mol. The zero-order valence-corrected chi connectivity index (χ0v) is 26.1. The maximum atomic E-state index is 14.1. The summed E-state index contributed by atoms with van der Waals surface area (Å²) >= 11 is 1.18. The van der Waals surface area contributed by atoms with Crippen LogP contribution in [0.5, 0.6) is 11.5 Å². The third-order valence-corrected chi connectivity index (χ3v) is 8.61. The Balaban J connectivity index is 1.69. The highest BCUT2D eigenvalue weighted by Gasteiger charge is 2.36. The number of furan rings is 1. The summed E-state index contributed by atoms with van der Waals surface area (Å²) in [6.07, 6.45) is 1.62. The zero-order chi connectivity index (χ0) is 31.7. The van der Waals surface area contributed by atoms with Crippen molar-refractivity contribution in [2.75, 3.05) is 27.3 Å². The normalized spacial score (nSPS) is 14.7. The number of thiazole rings is 1. The van der Waals surface area contributed by atoms with Crippen molar-refractivity contribution in [3.63, 3.8) is 0 Å². The number of aromatic nitrogens is 1. The average molecular weight is 617 g/mol. The average Bonchev–Trinajstić information content (AvgIpc) is 3.60. The molecule has 5 rings (SSSR count). The lowest BCUT2D eigenvalue weighted by Gasteiger charge is -2.30. The van der Waals surface area contributed by atoms with Gasteiger partial charge in [0.1, 0.15) is 29.1 Å². The minimum Gasteiger partial charge on any atom is -0.497 e. The number of carbonyl (C=O) groups is 1. The molecule has 3 heterocycles. The summed E-state index contributed by atoms with van der Waals surface area (Å²) in [5.41, 5.74) is 2.46. The fourth-order valence-electron chi connectivity index (χ4n) is 5.32. The molecule has 44 heavy (non-hydrogen) atoms. The molecule has 0 spiro atoms. The van der Waals surface area contributed by atoms with Crippen LogP contribution < -0.4 is 24.4 Å². The smallest absolute Gasteiger partial charge is 0.271 e. The van der Waals surface area contributed by atoms with Crippen molar-refractivity contribution in [1.29, 1.82) is 0 Å². The van der Waals surface area contributed by atoms with Gasteiger partial charge < -0.3 is 18.8 Å². The number of fused-ring (bicyclic) bond motifs is 1. The van der Waals surface area contributed by atoms with Crippen LogP contribution in [0.15, 0.2) is 74.0 Å². The second-order valence-electron chi connectivity index (χ2n) is 10.1. The van der Waals surface area contributed by atoms with Crippen LogP contribution in [0.1, 0.15) is 43.7 Å². The van der Waals surface area contributed by atoms with E-state index in [2.05, 4.69) is 0 Å². The van der Waals surface area contributed by atoms with E-state index in [-0.39, 0.29) is 17.2 Å². The molecule has 0 radical (unpaired) electrons. The van der Waals surface area contributed by atoms with Gasteiger partial charge in [-0.1, -0.05) is 17.4 Å². The number of aryl methyl sites for hydroxylation is 1. The molecule has 0 unspecified atom stereocenters. The summed E-state index contributed by atoms with van der Waals surface area (Å²) in [7, 11) is 3.09. The summed E-state index contributed by atoms with van der Waals surface area (Å²) < 4.78 is 19.1. The Morgan fingerprint density at radius 1 is 1.11 bits per heavy atom. The van der Waals surface area contributed by atoms with Crippen LogP contribution in [0, 0.1) is 17.0 Å². The Kier molecular flexibility index (Phi) is 8.54. The Morgan fingerprint density at radius 2 is 1.86 bits per heavy atom. The van der Waals surface area contributed by atoms with Gasteiger partial charge in [0.05, 0.1) is 34.9 Å². The summed E-state index contributed by atoms with van der Waals surface area (Å²) in [5, 5.41) is 11.3. The summed E-state index contributed by atoms with van der Waals surface area (Å²) in [6, 6.07) is 12.4. The van der Waals surface area contributed by atoms with Crippen molar-refractivity contribution in [2.45, 2.75) is 33.7 Å². The van der Waals surface area contributed by atoms with Crippen molar-refractivity contribution in [1.82, 2.24) is 9.47 Å². The second-order valence-corrected chi connectivity index (χ2v) is 11.1. The number of methoxy groups -OCH3 is 2. The number of rotatable bonds is 9. The van der Waals surface area contributed by atoms with E-state index in [0.29, 0.717) is 67.8 Å². The minimum absolute atomic E-state index is 0.0461. The third kappa shape index (κ3) is 5.44. The predicted octanol–water partition coefficient (Wildman–Crippen LogP) is 4.60. The molecule has 0 bridgehead atoms. The SMILES string of the molecule is CCN(CC)C(=O)C1=C(C)N=c2s/c(=C/c3ccc(-c4cc([N+](=O)[O-])ccc4C)o3)c(=O)n2[C@H]1c1cc(OC)ccc1OC. The quantitative estimate of drug-likeness (QED) is 0.199. The molecule has 0 fully saturated rings. The van der Waals surface area contributed by atoms with Crippen molar-refractivity contribution >= 4 is 29.0 Å². The van der Waals surface area contributed by atoms with Crippen molar-refractivity contribution in [2.24, 2.45) is 4.99 Å². The first kappa shape index (κ1) is 30.5. The molecule has 0 saturated carbocycles. The zero-order valence-electron chi connectivity index (χ0n) is 25.2. The van der Waals surface area contributed by atoms with Crippen LogP contribution in [0.25, 0.3) is 17.4 Å². The molecule has 228 valence electrons. The van der Waals surface area contributed by atoms with Gasteiger partial charge in [-0.15, -0.1) is 0 Å². The first-order valence-corrected chi connectivity index (χ1v) is 14.8. The van der Waals surface area contributed by atoms with Crippen LogP contribution in [-0.4, -0.2) is 47.6 Å². The lowest BCUT2D eigenvalue weighted by Crippen LogP contribution is -2.43. The number of amides is 1. The van der Waals surface area contributed by atoms with E-state index in [1.54, 1.807) is 61.4 Å². The van der Waals surface area contributed by atoms with E-state index in [1.807, 2.05) is 20.8 Å². The summed E-state index contributed by atoms with van der Waals surface area (Å²) in [4.78, 5) is 45.8. The first-order chi connectivity index (χ1) is 21.1. The van der Waals surface area contributed by atoms with E-state index in [1.165, 1.54) is 35.1 Å². The molecular weight excluding hydrogens is 584 g/mol. The van der Waals surface area contributed by atoms with Gasteiger partial charge in [-0.05, 0) is 63.6 Å². The fourth-order valence-corrected chi connectivity index (χ4v) is 6.34. The molecule has 2 aromatic carbocycles. The molecule has 1 aliphatic rings. The van der Waals surface area contributed by atoms with Gasteiger partial charge in [0.15, 0.2) is 4.80 Å². The van der Waals surface area contributed by atoms with E-state index in [0.717, 1.165) is 5.56 Å². The Bertz CT molecular complexity index is 1980. The number of allylic oxidation sites excluding steroid dienone is 1. The van der Waals surface area contributed by atoms with E-state index < -0.39 is 11.0 Å². The molecule has 2 aromatic heterocycles. The minimum atomic E-state index is -0.828. The van der Waals surface area contributed by atoms with Gasteiger partial charge in [0.2, 0.25) is 0 Å². The van der Waals surface area contributed by atoms with Crippen molar-refractivity contribution in [3.05, 3.63) is 106 Å². The van der Waals surface area contributed by atoms with E-state index in [4.69, 9.17) is 18.9 Å². The van der Waals surface area contributed by atoms with E-state index >= 15 is 0 Å². The molecule has 1 atom stereocenters. The predicted molar refractivity (Wildman–Crippen MR) is 167 cm³/mol. The van der Waals surface area contributed by atoms with Gasteiger partial charge in [-0.25, -0.2) is 4.99 Å². The maximum absolute atomic E-state index is 14.1. The standard InChI is InChI=1S/C32H32N4O7S/c1-7-34(8-2)31(38)28-19(4)33-32-35(29(28)24-16-21(41-5)11-13-25(24)42-6)30(37)27(44-32)17-22-12-14-26(43-22)23-15-20(36(39)40)10-9-18(23)3/h9-17,29H,7-8H2,1-6H3/b27-17+/t29-/m0/s1. The number of hydrogen-bond acceptors (Lipinski definition) is 9. The molecule has 0 saturated heterocycles. The largest absolute Gasteiger partial charge is 0.497 e. The number of non-ortho nitro benzene ring substituents is 1. The van der Waals surface area contributed by atoms with Gasteiger partial charge in [-0.2, -0.15) is 0 Å². The van der Waals surface area contributed by atoms with Crippen LogP contribution >= 0.6 is 11.3 Å². The van der Waals surface area contributed by atoms with Crippen molar-refractivity contribution < 1.29 is 23.6 Å². The number of carbonyl (C=O) groups excluding carboxylic acids is 1. The van der Waals surface area contributed by atoms with Gasteiger partial charge in [0.25, 0.3) is 17.2 Å². The molecule has 1 amide bonds. The van der Waals surface area contributed by atoms with Gasteiger partial charge in [0, 0.05) is 42.4 Å². The molecular formula is C32H32N4O7S. The lowest BCUT2D eigenvalue weighted by atomic mass is 9.93. The number of nitro groups is 1. The summed E-state index contributed by atoms with van der Waals surface area (Å²) in [6.45, 7) is 8.40. The molecule has 0 N–H and O–H groups in total. The Morgan fingerprint density at radius 3 is 2.52 bits per heavy atom. The van der Waals surface area contributed by atoms with Crippen LogP contribution in [-0.2, 0) is 4.79 Å². The van der Waals surface area contributed by atoms with Gasteiger partial charge in [-0.3, -0.25) is 24.3 Å². The molecule has 1 aliphatic heterocycles. The second kappa shape index (κ2) is 12.3. The molecule has 4 aromatic rings. The third-order valence-electron chi connectivity index (χ3n) is 7.63. The highest BCUT2D eigenvalue weighted by atomic mass is 32.1. The number of nitrogens with zero attached hydrogens (tertiary/aromatic N) is 4. The Labute approximate surface area is 257 Å². The van der Waals surface area contributed by atoms with Crippen molar-refractivity contribution in [3.8, 4) is 22.8 Å². The topological polar surface area (TPSA) is 129 Å². The number of ether oxygens (including phenoxy) is 2. The highest BCUT2D eigenvalue weighted by Crippen LogP contribution is 2.38. The van der Waals surface area contributed by atoms with E-state index in [9.17, 15) is 19.7 Å². The van der Waals surface area contributed by atoms with Crippen LogP contribution in [0.3, 0.4) is 0 Å².